The molecule has 0 aliphatic rings. The first-order valence-corrected chi connectivity index (χ1v) is 9.42. The highest BCUT2D eigenvalue weighted by atomic mass is 16.4. The molecule has 0 saturated carbocycles. The molecule has 0 N–H and O–H groups in total. The van der Waals surface area contributed by atoms with E-state index in [0.717, 1.165) is 11.9 Å². The van der Waals surface area contributed by atoms with Crippen LogP contribution in [0.5, 0.6) is 0 Å². The molecule has 0 atom stereocenters. The van der Waals surface area contributed by atoms with Crippen molar-refractivity contribution in [1.82, 2.24) is 19.7 Å². The van der Waals surface area contributed by atoms with E-state index in [0.29, 0.717) is 43.6 Å². The summed E-state index contributed by atoms with van der Waals surface area (Å²) in [5.74, 6) is 1.31. The van der Waals surface area contributed by atoms with Gasteiger partial charge < -0.3 is 18.3 Å². The lowest BCUT2D eigenvalue weighted by atomic mass is 10.2. The molecule has 3 aromatic heterocycles. The van der Waals surface area contributed by atoms with Crippen LogP contribution < -0.4 is 0 Å². The molecule has 0 bridgehead atoms. The molecule has 0 unspecified atom stereocenters. The van der Waals surface area contributed by atoms with Gasteiger partial charge in [0.2, 0.25) is 11.8 Å². The number of carbonyl (C=O) groups is 1. The van der Waals surface area contributed by atoms with Crippen molar-refractivity contribution in [3.05, 3.63) is 60.8 Å². The summed E-state index contributed by atoms with van der Waals surface area (Å²) in [4.78, 5) is 14.6. The van der Waals surface area contributed by atoms with E-state index in [-0.39, 0.29) is 5.91 Å². The lowest BCUT2D eigenvalue weighted by Gasteiger charge is -2.20. The van der Waals surface area contributed by atoms with Crippen LogP contribution in [0.3, 0.4) is 0 Å². The molecule has 0 aliphatic heterocycles. The summed E-state index contributed by atoms with van der Waals surface area (Å²) in [7, 11) is 0. The zero-order valence-corrected chi connectivity index (χ0v) is 15.7. The molecule has 7 nitrogen and oxygen atoms in total. The zero-order chi connectivity index (χ0) is 19.3. The Bertz CT molecular complexity index is 1050. The SMILES string of the molecule is CCCN(Cc1nnc(-c2ccco2)o1)C(=O)CCn1ccc2ccccc21. The minimum Gasteiger partial charge on any atom is -0.459 e. The van der Waals surface area contributed by atoms with E-state index < -0.39 is 0 Å². The number of fused-ring (bicyclic) bond motifs is 1. The Kier molecular flexibility index (Phi) is 5.23. The predicted octanol–water partition coefficient (Wildman–Crippen LogP) is 4.11. The summed E-state index contributed by atoms with van der Waals surface area (Å²) in [5.41, 5.74) is 1.14. The van der Waals surface area contributed by atoms with Crippen molar-refractivity contribution >= 4 is 16.8 Å². The van der Waals surface area contributed by atoms with Gasteiger partial charge in [0.25, 0.3) is 5.89 Å². The predicted molar refractivity (Wildman–Crippen MR) is 104 cm³/mol. The smallest absolute Gasteiger partial charge is 0.283 e. The fourth-order valence-corrected chi connectivity index (χ4v) is 3.25. The second kappa shape index (κ2) is 8.12. The van der Waals surface area contributed by atoms with Crippen molar-refractivity contribution in [3.63, 3.8) is 0 Å². The fourth-order valence-electron chi connectivity index (χ4n) is 3.25. The number of amides is 1. The molecule has 0 aliphatic carbocycles. The number of carbonyl (C=O) groups excluding carboxylic acids is 1. The number of aromatic nitrogens is 3. The van der Waals surface area contributed by atoms with Crippen LogP contribution in [-0.2, 0) is 17.9 Å². The molecule has 144 valence electrons. The Balaban J connectivity index is 1.41. The van der Waals surface area contributed by atoms with Crippen LogP contribution in [-0.4, -0.2) is 32.1 Å². The van der Waals surface area contributed by atoms with Crippen LogP contribution in [0.2, 0.25) is 0 Å². The van der Waals surface area contributed by atoms with E-state index in [9.17, 15) is 4.79 Å². The van der Waals surface area contributed by atoms with Crippen LogP contribution in [0.4, 0.5) is 0 Å². The molecule has 3 heterocycles. The first kappa shape index (κ1) is 18.0. The maximum Gasteiger partial charge on any atom is 0.283 e. The standard InChI is InChI=1S/C21H22N4O3/c1-2-11-25(15-19-22-23-21(28-19)18-8-5-14-27-18)20(26)10-13-24-12-9-16-6-3-4-7-17(16)24/h3-9,12,14H,2,10-11,13,15H2,1H3. The van der Waals surface area contributed by atoms with Crippen molar-refractivity contribution in [3.8, 4) is 11.7 Å². The highest BCUT2D eigenvalue weighted by molar-refractivity contribution is 5.80. The molecule has 1 amide bonds. The van der Waals surface area contributed by atoms with Gasteiger partial charge in [0.15, 0.2) is 5.76 Å². The molecule has 1 aromatic carbocycles. The number of rotatable bonds is 8. The summed E-state index contributed by atoms with van der Waals surface area (Å²) in [6, 6.07) is 13.8. The van der Waals surface area contributed by atoms with Gasteiger partial charge in [0.1, 0.15) is 0 Å². The Hall–Kier alpha value is -3.35. The van der Waals surface area contributed by atoms with Gasteiger partial charge >= 0.3 is 0 Å². The molecule has 0 saturated heterocycles. The van der Waals surface area contributed by atoms with Crippen LogP contribution in [0.1, 0.15) is 25.7 Å². The number of benzene rings is 1. The zero-order valence-electron chi connectivity index (χ0n) is 15.7. The lowest BCUT2D eigenvalue weighted by Crippen LogP contribution is -2.32. The minimum atomic E-state index is 0.0670. The van der Waals surface area contributed by atoms with Gasteiger partial charge in [-0.2, -0.15) is 0 Å². The van der Waals surface area contributed by atoms with Gasteiger partial charge in [-0.3, -0.25) is 4.79 Å². The summed E-state index contributed by atoms with van der Waals surface area (Å²) in [6.07, 6.45) is 4.85. The van der Waals surface area contributed by atoms with Gasteiger partial charge in [0.05, 0.1) is 12.8 Å². The number of furan rings is 1. The van der Waals surface area contributed by atoms with Gasteiger partial charge in [0, 0.05) is 31.2 Å². The van der Waals surface area contributed by atoms with Crippen LogP contribution in [0.25, 0.3) is 22.6 Å². The van der Waals surface area contributed by atoms with Gasteiger partial charge in [-0.25, -0.2) is 0 Å². The minimum absolute atomic E-state index is 0.0670. The van der Waals surface area contributed by atoms with Gasteiger partial charge in [-0.1, -0.05) is 25.1 Å². The highest BCUT2D eigenvalue weighted by Gasteiger charge is 2.18. The highest BCUT2D eigenvalue weighted by Crippen LogP contribution is 2.19. The second-order valence-electron chi connectivity index (χ2n) is 6.61. The summed E-state index contributed by atoms with van der Waals surface area (Å²) >= 11 is 0. The van der Waals surface area contributed by atoms with E-state index in [2.05, 4.69) is 33.0 Å². The quantitative estimate of drug-likeness (QED) is 0.461. The second-order valence-corrected chi connectivity index (χ2v) is 6.61. The van der Waals surface area contributed by atoms with Gasteiger partial charge in [-0.15, -0.1) is 10.2 Å². The summed E-state index contributed by atoms with van der Waals surface area (Å²) in [6.45, 7) is 3.62. The Labute approximate surface area is 162 Å². The Morgan fingerprint density at radius 2 is 2.04 bits per heavy atom. The maximum absolute atomic E-state index is 12.8. The molecular weight excluding hydrogens is 356 g/mol. The van der Waals surface area contributed by atoms with E-state index in [4.69, 9.17) is 8.83 Å². The largest absolute Gasteiger partial charge is 0.459 e. The molecule has 4 aromatic rings. The average molecular weight is 378 g/mol. The summed E-state index contributed by atoms with van der Waals surface area (Å²) in [5, 5.41) is 9.23. The summed E-state index contributed by atoms with van der Waals surface area (Å²) < 4.78 is 13.0. The first-order valence-electron chi connectivity index (χ1n) is 9.42. The molecule has 28 heavy (non-hydrogen) atoms. The lowest BCUT2D eigenvalue weighted by molar-refractivity contribution is -0.132. The molecule has 0 radical (unpaired) electrons. The van der Waals surface area contributed by atoms with Crippen molar-refractivity contribution in [2.75, 3.05) is 6.54 Å². The third-order valence-corrected chi connectivity index (χ3v) is 4.62. The third-order valence-electron chi connectivity index (χ3n) is 4.62. The molecule has 0 fully saturated rings. The first-order chi connectivity index (χ1) is 13.7. The number of hydrogen-bond donors (Lipinski definition) is 0. The topological polar surface area (TPSA) is 77.3 Å². The number of hydrogen-bond acceptors (Lipinski definition) is 5. The molecule has 4 rings (SSSR count). The van der Waals surface area contributed by atoms with E-state index >= 15 is 0 Å². The van der Waals surface area contributed by atoms with E-state index in [1.165, 1.54) is 5.39 Å². The van der Waals surface area contributed by atoms with Crippen LogP contribution in [0.15, 0.2) is 63.8 Å². The van der Waals surface area contributed by atoms with Crippen molar-refractivity contribution < 1.29 is 13.6 Å². The number of para-hydroxylation sites is 1. The number of aryl methyl sites for hydroxylation is 1. The van der Waals surface area contributed by atoms with Crippen LogP contribution in [0, 0.1) is 0 Å². The van der Waals surface area contributed by atoms with Crippen molar-refractivity contribution in [1.29, 1.82) is 0 Å². The molecular formula is C21H22N4O3. The maximum atomic E-state index is 12.8. The van der Waals surface area contributed by atoms with Crippen LogP contribution >= 0.6 is 0 Å². The number of nitrogens with zero attached hydrogens (tertiary/aromatic N) is 4. The van der Waals surface area contributed by atoms with Gasteiger partial charge in [-0.05, 0) is 36.1 Å². The molecule has 7 heteroatoms. The molecule has 0 spiro atoms. The van der Waals surface area contributed by atoms with E-state index in [1.54, 1.807) is 23.3 Å². The fraction of sp³-hybridized carbons (Fsp3) is 0.286. The van der Waals surface area contributed by atoms with Crippen molar-refractivity contribution in [2.24, 2.45) is 0 Å². The average Bonchev–Trinajstić information content (AvgIpc) is 3.46. The Morgan fingerprint density at radius 1 is 1.14 bits per heavy atom. The normalized spacial score (nSPS) is 11.2. The third kappa shape index (κ3) is 3.83. The Morgan fingerprint density at radius 3 is 2.86 bits per heavy atom. The van der Waals surface area contributed by atoms with E-state index in [1.807, 2.05) is 25.3 Å². The van der Waals surface area contributed by atoms with Crippen molar-refractivity contribution in [2.45, 2.75) is 32.9 Å². The monoisotopic (exact) mass is 378 g/mol.